The third-order valence-corrected chi connectivity index (χ3v) is 6.02. The van der Waals surface area contributed by atoms with Crippen molar-refractivity contribution in [2.24, 2.45) is 0 Å². The normalized spacial score (nSPS) is 10.6. The molecule has 2 rings (SSSR count). The molecule has 1 aromatic carbocycles. The van der Waals surface area contributed by atoms with Crippen LogP contribution in [-0.2, 0) is 6.54 Å². The maximum atomic E-state index is 5.30. The molecule has 2 nitrogen and oxygen atoms in total. The van der Waals surface area contributed by atoms with Crippen LogP contribution in [-0.4, -0.2) is 7.11 Å². The molecule has 0 aliphatic rings. The van der Waals surface area contributed by atoms with Gasteiger partial charge in [-0.2, -0.15) is 0 Å². The molecular formula is C13H12Br3NOS. The molecule has 1 aromatic heterocycles. The summed E-state index contributed by atoms with van der Waals surface area (Å²) in [6, 6.07) is 6.11. The first-order chi connectivity index (χ1) is 9.01. The number of anilines is 1. The van der Waals surface area contributed by atoms with E-state index in [1.54, 1.807) is 18.4 Å². The van der Waals surface area contributed by atoms with Crippen molar-refractivity contribution < 1.29 is 4.74 Å². The number of rotatable bonds is 4. The van der Waals surface area contributed by atoms with Gasteiger partial charge in [0.1, 0.15) is 5.75 Å². The van der Waals surface area contributed by atoms with E-state index in [1.165, 1.54) is 14.2 Å². The minimum Gasteiger partial charge on any atom is -0.495 e. The topological polar surface area (TPSA) is 21.3 Å². The fourth-order valence-corrected chi connectivity index (χ4v) is 4.45. The summed E-state index contributed by atoms with van der Waals surface area (Å²) < 4.78 is 8.41. The molecule has 0 aliphatic heterocycles. The van der Waals surface area contributed by atoms with Crippen LogP contribution in [0.25, 0.3) is 0 Å². The van der Waals surface area contributed by atoms with Crippen molar-refractivity contribution in [3.05, 3.63) is 41.4 Å². The highest BCUT2D eigenvalue weighted by Gasteiger charge is 2.08. The van der Waals surface area contributed by atoms with Crippen molar-refractivity contribution in [3.63, 3.8) is 0 Å². The number of hydrogen-bond donors (Lipinski definition) is 1. The number of ether oxygens (including phenoxy) is 1. The van der Waals surface area contributed by atoms with Gasteiger partial charge in [-0.3, -0.25) is 0 Å². The van der Waals surface area contributed by atoms with Gasteiger partial charge in [0.15, 0.2) is 0 Å². The van der Waals surface area contributed by atoms with Crippen LogP contribution in [0.1, 0.15) is 9.75 Å². The molecule has 1 N–H and O–H groups in total. The first kappa shape index (κ1) is 15.4. The molecule has 6 heteroatoms. The van der Waals surface area contributed by atoms with Crippen LogP contribution in [0.2, 0.25) is 0 Å². The van der Waals surface area contributed by atoms with Crippen LogP contribution < -0.4 is 10.1 Å². The Kier molecular flexibility index (Phi) is 5.34. The monoisotopic (exact) mass is 467 g/mol. The third kappa shape index (κ3) is 3.74. The lowest BCUT2D eigenvalue weighted by atomic mass is 10.3. The van der Waals surface area contributed by atoms with E-state index in [0.717, 1.165) is 26.9 Å². The van der Waals surface area contributed by atoms with Crippen molar-refractivity contribution in [2.75, 3.05) is 12.4 Å². The summed E-state index contributed by atoms with van der Waals surface area (Å²) in [6.45, 7) is 2.90. The largest absolute Gasteiger partial charge is 0.495 e. The number of nitrogens with one attached hydrogen (secondary N) is 1. The quantitative estimate of drug-likeness (QED) is 0.596. The van der Waals surface area contributed by atoms with E-state index < -0.39 is 0 Å². The van der Waals surface area contributed by atoms with Crippen LogP contribution in [0, 0.1) is 6.92 Å². The predicted octanol–water partition coefficient (Wildman–Crippen LogP) is 5.96. The second-order valence-corrected chi connectivity index (χ2v) is 7.84. The Labute approximate surface area is 141 Å². The highest BCUT2D eigenvalue weighted by molar-refractivity contribution is 9.11. The molecule has 0 unspecified atom stereocenters. The van der Waals surface area contributed by atoms with Crippen LogP contribution in [0.15, 0.2) is 31.6 Å². The molecule has 0 saturated carbocycles. The lowest BCUT2D eigenvalue weighted by Gasteiger charge is -2.11. The Morgan fingerprint density at radius 1 is 1.11 bits per heavy atom. The molecular weight excluding hydrogens is 458 g/mol. The molecule has 1 heterocycles. The first-order valence-corrected chi connectivity index (χ1v) is 8.72. The minimum absolute atomic E-state index is 0.792. The SMILES string of the molecule is COc1cc(NCc2cc(Br)c(C)s2)c(Br)cc1Br. The molecule has 0 amide bonds. The summed E-state index contributed by atoms with van der Waals surface area (Å²) in [5.74, 6) is 0.814. The van der Waals surface area contributed by atoms with Gasteiger partial charge in [-0.15, -0.1) is 11.3 Å². The second-order valence-electron chi connectivity index (χ2n) is 3.94. The number of methoxy groups -OCH3 is 1. The van der Waals surface area contributed by atoms with Gasteiger partial charge in [-0.05, 0) is 66.8 Å². The van der Waals surface area contributed by atoms with Gasteiger partial charge in [0, 0.05) is 31.3 Å². The molecule has 19 heavy (non-hydrogen) atoms. The third-order valence-electron chi connectivity index (χ3n) is 2.60. The fourth-order valence-electron chi connectivity index (χ4n) is 1.61. The van der Waals surface area contributed by atoms with E-state index in [-0.39, 0.29) is 0 Å². The van der Waals surface area contributed by atoms with Crippen LogP contribution in [0.3, 0.4) is 0 Å². The van der Waals surface area contributed by atoms with E-state index in [9.17, 15) is 0 Å². The minimum atomic E-state index is 0.792. The molecule has 102 valence electrons. The summed E-state index contributed by atoms with van der Waals surface area (Å²) in [7, 11) is 1.66. The van der Waals surface area contributed by atoms with Crippen molar-refractivity contribution >= 4 is 64.8 Å². The van der Waals surface area contributed by atoms with Crippen LogP contribution >= 0.6 is 59.1 Å². The highest BCUT2D eigenvalue weighted by Crippen LogP contribution is 2.35. The molecule has 0 saturated heterocycles. The molecule has 0 bridgehead atoms. The Balaban J connectivity index is 2.15. The zero-order valence-electron chi connectivity index (χ0n) is 10.4. The van der Waals surface area contributed by atoms with Gasteiger partial charge in [-0.1, -0.05) is 0 Å². The van der Waals surface area contributed by atoms with Crippen molar-refractivity contribution in [2.45, 2.75) is 13.5 Å². The average Bonchev–Trinajstić information content (AvgIpc) is 2.68. The maximum absolute atomic E-state index is 5.30. The molecule has 0 aliphatic carbocycles. The molecule has 2 aromatic rings. The summed E-state index contributed by atoms with van der Waals surface area (Å²) in [5.41, 5.74) is 1.02. The van der Waals surface area contributed by atoms with E-state index in [0.29, 0.717) is 0 Å². The number of hydrogen-bond acceptors (Lipinski definition) is 3. The number of halogens is 3. The van der Waals surface area contributed by atoms with E-state index in [1.807, 2.05) is 12.1 Å². The van der Waals surface area contributed by atoms with Gasteiger partial charge in [0.05, 0.1) is 17.3 Å². The van der Waals surface area contributed by atoms with Gasteiger partial charge in [0.2, 0.25) is 0 Å². The van der Waals surface area contributed by atoms with Crippen molar-refractivity contribution in [1.29, 1.82) is 0 Å². The van der Waals surface area contributed by atoms with Gasteiger partial charge in [0.25, 0.3) is 0 Å². The van der Waals surface area contributed by atoms with Gasteiger partial charge >= 0.3 is 0 Å². The molecule has 0 fully saturated rings. The Morgan fingerprint density at radius 3 is 2.42 bits per heavy atom. The van der Waals surface area contributed by atoms with E-state index >= 15 is 0 Å². The number of benzene rings is 1. The number of aryl methyl sites for hydroxylation is 1. The second kappa shape index (κ2) is 6.61. The Morgan fingerprint density at radius 2 is 1.84 bits per heavy atom. The zero-order chi connectivity index (χ0) is 14.0. The smallest absolute Gasteiger partial charge is 0.135 e. The lowest BCUT2D eigenvalue weighted by molar-refractivity contribution is 0.412. The number of thiophene rings is 1. The Hall–Kier alpha value is -0.0400. The maximum Gasteiger partial charge on any atom is 0.135 e. The summed E-state index contributed by atoms with van der Waals surface area (Å²) in [4.78, 5) is 2.59. The zero-order valence-corrected chi connectivity index (χ0v) is 16.0. The molecule has 0 radical (unpaired) electrons. The predicted molar refractivity (Wildman–Crippen MR) is 92.5 cm³/mol. The van der Waals surface area contributed by atoms with Crippen molar-refractivity contribution in [3.8, 4) is 5.75 Å². The lowest BCUT2D eigenvalue weighted by Crippen LogP contribution is -1.99. The summed E-state index contributed by atoms with van der Waals surface area (Å²) in [5, 5.41) is 3.41. The standard InChI is InChI=1S/C13H12Br3NOS/c1-7-9(14)3-8(19-7)6-17-12-5-13(18-2)11(16)4-10(12)15/h3-5,17H,6H2,1-2H3. The first-order valence-electron chi connectivity index (χ1n) is 5.53. The Bertz CT molecular complexity index is 578. The van der Waals surface area contributed by atoms with Crippen LogP contribution in [0.4, 0.5) is 5.69 Å². The fraction of sp³-hybridized carbons (Fsp3) is 0.231. The molecule has 0 spiro atoms. The van der Waals surface area contributed by atoms with Gasteiger partial charge in [-0.25, -0.2) is 0 Å². The van der Waals surface area contributed by atoms with E-state index in [2.05, 4.69) is 66.1 Å². The molecule has 0 atom stereocenters. The van der Waals surface area contributed by atoms with Crippen molar-refractivity contribution in [1.82, 2.24) is 0 Å². The summed E-state index contributed by atoms with van der Waals surface area (Å²) >= 11 is 12.3. The average molecular weight is 470 g/mol. The highest BCUT2D eigenvalue weighted by atomic mass is 79.9. The summed E-state index contributed by atoms with van der Waals surface area (Å²) in [6.07, 6.45) is 0. The van der Waals surface area contributed by atoms with Crippen LogP contribution in [0.5, 0.6) is 5.75 Å². The van der Waals surface area contributed by atoms with Gasteiger partial charge < -0.3 is 10.1 Å². The van der Waals surface area contributed by atoms with E-state index in [4.69, 9.17) is 4.74 Å².